The second-order valence-corrected chi connectivity index (χ2v) is 6.39. The summed E-state index contributed by atoms with van der Waals surface area (Å²) in [6, 6.07) is 0. The first-order chi connectivity index (χ1) is 14.2. The molecule has 30 heavy (non-hydrogen) atoms. The first-order valence-corrected chi connectivity index (χ1v) is 9.27. The maximum Gasteiger partial charge on any atom is 0.341 e. The number of anilines is 1. The molecule has 1 aliphatic rings. The molecule has 0 amide bonds. The summed E-state index contributed by atoms with van der Waals surface area (Å²) in [5.41, 5.74) is -0.326. The molecule has 0 aromatic carbocycles. The third-order valence-electron chi connectivity index (χ3n) is 4.33. The molecule has 3 heterocycles. The number of aliphatic carboxylic acids is 2. The van der Waals surface area contributed by atoms with Gasteiger partial charge in [0.2, 0.25) is 11.4 Å². The number of aromatic carboxylic acids is 1. The molecule has 3 rings (SSSR count). The van der Waals surface area contributed by atoms with E-state index in [0.717, 1.165) is 26.2 Å². The van der Waals surface area contributed by atoms with Gasteiger partial charge in [0.05, 0.1) is 18.2 Å². The summed E-state index contributed by atoms with van der Waals surface area (Å²) in [7, 11) is 0. The fourth-order valence-electron chi connectivity index (χ4n) is 2.79. The Kier molecular flexibility index (Phi) is 7.81. The van der Waals surface area contributed by atoms with Crippen molar-refractivity contribution in [3.8, 4) is 0 Å². The van der Waals surface area contributed by atoms with E-state index in [9.17, 15) is 19.2 Å². The SMILES string of the molecule is CCn1cc(C(=O)O)c(=O)c2cnc(N3CCNCC3)nc21.O=C(O)CCC(=O)O. The second-order valence-electron chi connectivity index (χ2n) is 6.39. The van der Waals surface area contributed by atoms with E-state index in [1.807, 2.05) is 11.8 Å². The zero-order valence-corrected chi connectivity index (χ0v) is 16.4. The lowest BCUT2D eigenvalue weighted by atomic mass is 10.2. The molecule has 0 atom stereocenters. The highest BCUT2D eigenvalue weighted by molar-refractivity contribution is 5.91. The van der Waals surface area contributed by atoms with Gasteiger partial charge in [0, 0.05) is 45.1 Å². The van der Waals surface area contributed by atoms with Gasteiger partial charge in [-0.15, -0.1) is 0 Å². The Morgan fingerprint density at radius 3 is 2.20 bits per heavy atom. The molecule has 0 spiro atoms. The van der Waals surface area contributed by atoms with E-state index >= 15 is 0 Å². The van der Waals surface area contributed by atoms with Crippen LogP contribution in [0.3, 0.4) is 0 Å². The van der Waals surface area contributed by atoms with E-state index in [1.54, 1.807) is 4.57 Å². The second kappa shape index (κ2) is 10.3. The fraction of sp³-hybridized carbons (Fsp3) is 0.444. The van der Waals surface area contributed by atoms with Gasteiger partial charge in [-0.2, -0.15) is 4.98 Å². The van der Waals surface area contributed by atoms with Crippen molar-refractivity contribution in [1.29, 1.82) is 0 Å². The Balaban J connectivity index is 0.000000343. The smallest absolute Gasteiger partial charge is 0.341 e. The number of aromatic nitrogens is 3. The maximum atomic E-state index is 12.2. The predicted octanol–water partition coefficient (Wildman–Crippen LogP) is -0.145. The number of carboxylic acid groups (broad SMARTS) is 3. The Hall–Kier alpha value is -3.54. The van der Waals surface area contributed by atoms with Crippen molar-refractivity contribution in [2.24, 2.45) is 0 Å². The number of aryl methyl sites for hydroxylation is 1. The Bertz CT molecular complexity index is 984. The summed E-state index contributed by atoms with van der Waals surface area (Å²) >= 11 is 0. The van der Waals surface area contributed by atoms with Gasteiger partial charge in [-0.1, -0.05) is 0 Å². The molecule has 2 aromatic heterocycles. The number of carbonyl (C=O) groups is 3. The van der Waals surface area contributed by atoms with Crippen molar-refractivity contribution < 1.29 is 29.7 Å². The van der Waals surface area contributed by atoms with E-state index in [-0.39, 0.29) is 23.8 Å². The summed E-state index contributed by atoms with van der Waals surface area (Å²) in [5.74, 6) is -2.82. The molecule has 1 fully saturated rings. The van der Waals surface area contributed by atoms with Gasteiger partial charge < -0.3 is 30.1 Å². The molecule has 0 saturated carbocycles. The number of nitrogens with one attached hydrogen (secondary N) is 1. The highest BCUT2D eigenvalue weighted by Gasteiger charge is 2.18. The van der Waals surface area contributed by atoms with Crippen molar-refractivity contribution in [2.45, 2.75) is 26.3 Å². The number of carboxylic acids is 3. The summed E-state index contributed by atoms with van der Waals surface area (Å²) in [6.07, 6.45) is 2.19. The van der Waals surface area contributed by atoms with E-state index in [2.05, 4.69) is 15.3 Å². The minimum Gasteiger partial charge on any atom is -0.481 e. The minimum atomic E-state index is -1.24. The van der Waals surface area contributed by atoms with Crippen LogP contribution in [0.4, 0.5) is 5.95 Å². The van der Waals surface area contributed by atoms with Crippen molar-refractivity contribution in [2.75, 3.05) is 31.1 Å². The van der Waals surface area contributed by atoms with Crippen LogP contribution in [0.25, 0.3) is 11.0 Å². The average Bonchev–Trinajstić information content (AvgIpc) is 2.73. The average molecular weight is 421 g/mol. The minimum absolute atomic E-state index is 0.237. The molecular weight excluding hydrogens is 398 g/mol. The summed E-state index contributed by atoms with van der Waals surface area (Å²) in [5, 5.41) is 28.4. The molecule has 0 bridgehead atoms. The maximum absolute atomic E-state index is 12.2. The molecule has 162 valence electrons. The summed E-state index contributed by atoms with van der Waals surface area (Å²) in [4.78, 5) is 53.5. The Labute approximate surface area is 170 Å². The van der Waals surface area contributed by atoms with E-state index in [1.165, 1.54) is 12.4 Å². The molecule has 1 saturated heterocycles. The van der Waals surface area contributed by atoms with Crippen molar-refractivity contribution >= 4 is 34.9 Å². The molecule has 0 radical (unpaired) electrons. The predicted molar refractivity (Wildman–Crippen MR) is 106 cm³/mol. The highest BCUT2D eigenvalue weighted by atomic mass is 16.4. The van der Waals surface area contributed by atoms with Crippen LogP contribution in [0.1, 0.15) is 30.1 Å². The van der Waals surface area contributed by atoms with Gasteiger partial charge in [-0.3, -0.25) is 14.4 Å². The topological polar surface area (TPSA) is 175 Å². The number of piperazine rings is 1. The standard InChI is InChI=1S/C14H17N5O3.C4H6O4/c1-2-18-8-10(13(21)22)11(20)9-7-16-14(17-12(9)18)19-5-3-15-4-6-19;5-3(6)1-2-4(7)8/h7-8,15H,2-6H2,1H3,(H,21,22);1-2H2,(H,5,6)(H,7,8). The van der Waals surface area contributed by atoms with Crippen LogP contribution in [0.2, 0.25) is 0 Å². The van der Waals surface area contributed by atoms with Gasteiger partial charge >= 0.3 is 17.9 Å². The van der Waals surface area contributed by atoms with Crippen LogP contribution >= 0.6 is 0 Å². The molecule has 12 heteroatoms. The molecule has 1 aliphatic heterocycles. The molecule has 0 unspecified atom stereocenters. The van der Waals surface area contributed by atoms with Gasteiger partial charge in [-0.25, -0.2) is 9.78 Å². The van der Waals surface area contributed by atoms with Crippen LogP contribution in [0, 0.1) is 0 Å². The molecule has 12 nitrogen and oxygen atoms in total. The van der Waals surface area contributed by atoms with Crippen molar-refractivity contribution in [3.05, 3.63) is 28.2 Å². The Morgan fingerprint density at radius 2 is 1.70 bits per heavy atom. The lowest BCUT2D eigenvalue weighted by Crippen LogP contribution is -2.44. The normalized spacial score (nSPS) is 13.4. The van der Waals surface area contributed by atoms with Gasteiger partial charge in [0.25, 0.3) is 0 Å². The number of fused-ring (bicyclic) bond motifs is 1. The van der Waals surface area contributed by atoms with Gasteiger partial charge in [-0.05, 0) is 6.92 Å². The molecule has 0 aliphatic carbocycles. The van der Waals surface area contributed by atoms with E-state index < -0.39 is 23.3 Å². The molecular formula is C18H23N5O7. The number of hydrogen-bond donors (Lipinski definition) is 4. The first kappa shape index (κ1) is 22.7. The van der Waals surface area contributed by atoms with Crippen LogP contribution in [0.5, 0.6) is 0 Å². The van der Waals surface area contributed by atoms with Crippen LogP contribution in [-0.4, -0.2) is 73.9 Å². The third-order valence-corrected chi connectivity index (χ3v) is 4.33. The van der Waals surface area contributed by atoms with E-state index in [4.69, 9.17) is 15.3 Å². The zero-order valence-electron chi connectivity index (χ0n) is 16.4. The highest BCUT2D eigenvalue weighted by Crippen LogP contribution is 2.14. The Morgan fingerprint density at radius 1 is 1.10 bits per heavy atom. The van der Waals surface area contributed by atoms with Crippen molar-refractivity contribution in [3.63, 3.8) is 0 Å². The van der Waals surface area contributed by atoms with E-state index in [0.29, 0.717) is 18.1 Å². The molecule has 2 aromatic rings. The summed E-state index contributed by atoms with van der Waals surface area (Å²) < 4.78 is 1.67. The quantitative estimate of drug-likeness (QED) is 0.488. The van der Waals surface area contributed by atoms with Gasteiger partial charge in [0.15, 0.2) is 0 Å². The number of nitrogens with zero attached hydrogens (tertiary/aromatic N) is 4. The molecule has 4 N–H and O–H groups in total. The summed E-state index contributed by atoms with van der Waals surface area (Å²) in [6.45, 7) is 5.72. The van der Waals surface area contributed by atoms with Gasteiger partial charge in [0.1, 0.15) is 11.2 Å². The first-order valence-electron chi connectivity index (χ1n) is 9.27. The largest absolute Gasteiger partial charge is 0.481 e. The fourth-order valence-corrected chi connectivity index (χ4v) is 2.79. The van der Waals surface area contributed by atoms with Crippen LogP contribution in [-0.2, 0) is 16.1 Å². The lowest BCUT2D eigenvalue weighted by molar-refractivity contribution is -0.143. The van der Waals surface area contributed by atoms with Crippen LogP contribution < -0.4 is 15.6 Å². The number of pyridine rings is 1. The monoisotopic (exact) mass is 421 g/mol. The number of rotatable bonds is 6. The van der Waals surface area contributed by atoms with Crippen molar-refractivity contribution in [1.82, 2.24) is 19.9 Å². The zero-order chi connectivity index (χ0) is 22.3. The lowest BCUT2D eigenvalue weighted by Gasteiger charge is -2.27. The number of hydrogen-bond acceptors (Lipinski definition) is 8. The van der Waals surface area contributed by atoms with Crippen LogP contribution in [0.15, 0.2) is 17.2 Å². The third kappa shape index (κ3) is 5.73.